The number of rotatable bonds is 7. The fraction of sp³-hybridized carbons (Fsp3) is 0.519. The van der Waals surface area contributed by atoms with Crippen LogP contribution in [0.25, 0.3) is 5.69 Å². The Kier molecular flexibility index (Phi) is 5.82. The quantitative estimate of drug-likeness (QED) is 0.488. The Morgan fingerprint density at radius 2 is 1.62 bits per heavy atom. The molecule has 0 atom stereocenters. The Labute approximate surface area is 198 Å². The zero-order valence-corrected chi connectivity index (χ0v) is 19.7. The zero-order valence-electron chi connectivity index (χ0n) is 19.7. The van der Waals surface area contributed by atoms with Gasteiger partial charge in [0.1, 0.15) is 12.4 Å². The Morgan fingerprint density at radius 3 is 2.21 bits per heavy atom. The number of nitrogens with zero attached hydrogens (tertiary/aromatic N) is 1. The topological polar surface area (TPSA) is 77.4 Å². The third kappa shape index (κ3) is 4.17. The number of benzene rings is 1. The van der Waals surface area contributed by atoms with Crippen molar-refractivity contribution in [2.24, 2.45) is 23.2 Å². The number of aryl methyl sites for hydroxylation is 1. The van der Waals surface area contributed by atoms with Gasteiger partial charge in [-0.05, 0) is 100 Å². The van der Waals surface area contributed by atoms with E-state index in [1.54, 1.807) is 25.1 Å². The number of halogens is 1. The summed E-state index contributed by atoms with van der Waals surface area (Å²) in [6.45, 7) is 3.05. The van der Waals surface area contributed by atoms with Gasteiger partial charge in [-0.3, -0.25) is 14.4 Å². The highest BCUT2D eigenvalue weighted by molar-refractivity contribution is 5.99. The van der Waals surface area contributed by atoms with Gasteiger partial charge in [0.2, 0.25) is 11.7 Å². The summed E-state index contributed by atoms with van der Waals surface area (Å²) in [7, 11) is 0. The van der Waals surface area contributed by atoms with Gasteiger partial charge in [0.25, 0.3) is 0 Å². The average Bonchev–Trinajstić information content (AvgIpc) is 3.09. The summed E-state index contributed by atoms with van der Waals surface area (Å²) in [5.41, 5.74) is 2.40. The van der Waals surface area contributed by atoms with Gasteiger partial charge in [-0.2, -0.15) is 0 Å². The Bertz CT molecular complexity index is 1100. The van der Waals surface area contributed by atoms with Crippen LogP contribution in [0, 0.1) is 42.8 Å². The van der Waals surface area contributed by atoms with E-state index in [1.165, 1.54) is 31.4 Å². The van der Waals surface area contributed by atoms with Crippen LogP contribution in [-0.4, -0.2) is 35.4 Å². The van der Waals surface area contributed by atoms with Crippen LogP contribution in [0.4, 0.5) is 4.39 Å². The third-order valence-corrected chi connectivity index (χ3v) is 8.09. The molecule has 0 radical (unpaired) electrons. The molecule has 0 spiro atoms. The molecule has 4 aliphatic rings. The number of hydrogen-bond acceptors (Lipinski definition) is 4. The normalized spacial score (nSPS) is 27.0. The van der Waals surface area contributed by atoms with Gasteiger partial charge in [0.15, 0.2) is 6.61 Å². The highest BCUT2D eigenvalue weighted by Crippen LogP contribution is 2.60. The summed E-state index contributed by atoms with van der Waals surface area (Å²) < 4.78 is 20.3. The fourth-order valence-electron chi connectivity index (χ4n) is 7.04. The van der Waals surface area contributed by atoms with Crippen molar-refractivity contribution < 1.29 is 23.5 Å². The maximum atomic E-state index is 13.3. The minimum Gasteiger partial charge on any atom is -0.456 e. The van der Waals surface area contributed by atoms with Gasteiger partial charge in [-0.1, -0.05) is 0 Å². The number of ether oxygens (including phenoxy) is 1. The van der Waals surface area contributed by atoms with E-state index in [9.17, 15) is 18.8 Å². The molecule has 0 aliphatic heterocycles. The number of carbonyl (C=O) groups excluding carboxylic acids is 3. The minimum absolute atomic E-state index is 0.0299. The van der Waals surface area contributed by atoms with Crippen LogP contribution < -0.4 is 5.32 Å². The summed E-state index contributed by atoms with van der Waals surface area (Å²) in [4.78, 5) is 38.0. The highest BCUT2D eigenvalue weighted by atomic mass is 19.1. The first-order valence-electron chi connectivity index (χ1n) is 12.2. The van der Waals surface area contributed by atoms with E-state index in [0.717, 1.165) is 30.6 Å². The van der Waals surface area contributed by atoms with Crippen LogP contribution in [0.1, 0.15) is 60.3 Å². The number of esters is 1. The van der Waals surface area contributed by atoms with Gasteiger partial charge in [0.05, 0.1) is 0 Å². The molecule has 0 saturated heterocycles. The van der Waals surface area contributed by atoms with Gasteiger partial charge in [-0.15, -0.1) is 0 Å². The smallest absolute Gasteiger partial charge is 0.325 e. The molecule has 0 unspecified atom stereocenters. The second-order valence-corrected chi connectivity index (χ2v) is 10.6. The number of aromatic nitrogens is 1. The SMILES string of the molecule is Cc1cc(C(=O)COC(=O)CNC(=O)C23CC4CC(CC(C4)C2)C3)c(C)n1-c1ccc(F)cc1. The molecule has 4 fully saturated rings. The monoisotopic (exact) mass is 466 g/mol. The van der Waals surface area contributed by atoms with Gasteiger partial charge < -0.3 is 14.6 Å². The van der Waals surface area contributed by atoms with Crippen molar-refractivity contribution in [1.82, 2.24) is 9.88 Å². The molecular weight excluding hydrogens is 435 g/mol. The molecule has 1 N–H and O–H groups in total. The highest BCUT2D eigenvalue weighted by Gasteiger charge is 2.54. The van der Waals surface area contributed by atoms with Gasteiger partial charge in [0, 0.05) is 28.1 Å². The largest absolute Gasteiger partial charge is 0.456 e. The summed E-state index contributed by atoms with van der Waals surface area (Å²) >= 11 is 0. The average molecular weight is 467 g/mol. The minimum atomic E-state index is -0.612. The van der Waals surface area contributed by atoms with Crippen molar-refractivity contribution in [2.75, 3.05) is 13.2 Å². The molecule has 1 heterocycles. The zero-order chi connectivity index (χ0) is 24.0. The molecule has 1 amide bonds. The summed E-state index contributed by atoms with van der Waals surface area (Å²) in [5, 5.41) is 2.79. The first-order chi connectivity index (χ1) is 16.2. The van der Waals surface area contributed by atoms with Crippen molar-refractivity contribution >= 4 is 17.7 Å². The van der Waals surface area contributed by atoms with Crippen molar-refractivity contribution in [3.8, 4) is 5.69 Å². The standard InChI is InChI=1S/C27H31FN2O4/c1-16-7-23(17(2)30(16)22-5-3-21(28)4-6-22)24(31)15-34-25(32)14-29-26(33)27-11-18-8-19(12-27)10-20(9-18)13-27/h3-7,18-20H,8-15H2,1-2H3,(H,29,33). The number of amides is 1. The first-order valence-corrected chi connectivity index (χ1v) is 12.2. The van der Waals surface area contributed by atoms with Crippen LogP contribution in [0.3, 0.4) is 0 Å². The van der Waals surface area contributed by atoms with E-state index in [0.29, 0.717) is 29.0 Å². The number of carbonyl (C=O) groups is 3. The van der Waals surface area contributed by atoms with Crippen LogP contribution >= 0.6 is 0 Å². The molecule has 1 aromatic carbocycles. The summed E-state index contributed by atoms with van der Waals surface area (Å²) in [6.07, 6.45) is 6.54. The van der Waals surface area contributed by atoms with E-state index >= 15 is 0 Å². The Hall–Kier alpha value is -2.96. The molecule has 4 saturated carbocycles. The molecular formula is C27H31FN2O4. The molecule has 2 aromatic rings. The Morgan fingerprint density at radius 1 is 1.03 bits per heavy atom. The lowest BCUT2D eigenvalue weighted by atomic mass is 9.49. The van der Waals surface area contributed by atoms with Crippen LogP contribution in [0.2, 0.25) is 0 Å². The Balaban J connectivity index is 1.16. The van der Waals surface area contributed by atoms with E-state index in [4.69, 9.17) is 4.74 Å². The number of hydrogen-bond donors (Lipinski definition) is 1. The predicted molar refractivity (Wildman–Crippen MR) is 124 cm³/mol. The molecule has 6 rings (SSSR count). The van der Waals surface area contributed by atoms with E-state index in [1.807, 2.05) is 11.5 Å². The van der Waals surface area contributed by atoms with Crippen molar-refractivity contribution in [1.29, 1.82) is 0 Å². The number of nitrogens with one attached hydrogen (secondary N) is 1. The molecule has 180 valence electrons. The maximum Gasteiger partial charge on any atom is 0.325 e. The fourth-order valence-corrected chi connectivity index (χ4v) is 7.04. The van der Waals surface area contributed by atoms with Crippen LogP contribution in [-0.2, 0) is 14.3 Å². The lowest BCUT2D eigenvalue weighted by Gasteiger charge is -2.55. The molecule has 34 heavy (non-hydrogen) atoms. The summed E-state index contributed by atoms with van der Waals surface area (Å²) in [6, 6.07) is 7.78. The van der Waals surface area contributed by atoms with E-state index in [-0.39, 0.29) is 36.1 Å². The molecule has 6 nitrogen and oxygen atoms in total. The lowest BCUT2D eigenvalue weighted by Crippen LogP contribution is -2.54. The van der Waals surface area contributed by atoms with E-state index in [2.05, 4.69) is 5.32 Å². The second kappa shape index (κ2) is 8.67. The van der Waals surface area contributed by atoms with E-state index < -0.39 is 5.97 Å². The summed E-state index contributed by atoms with van der Waals surface area (Å²) in [5.74, 6) is 0.657. The van der Waals surface area contributed by atoms with Crippen molar-refractivity contribution in [3.63, 3.8) is 0 Å². The van der Waals surface area contributed by atoms with Crippen molar-refractivity contribution in [3.05, 3.63) is 53.1 Å². The number of Topliss-reactive ketones (excluding diaryl/α,β-unsaturated/α-hetero) is 1. The molecule has 7 heteroatoms. The van der Waals surface area contributed by atoms with Crippen LogP contribution in [0.5, 0.6) is 0 Å². The van der Waals surface area contributed by atoms with Crippen LogP contribution in [0.15, 0.2) is 30.3 Å². The third-order valence-electron chi connectivity index (χ3n) is 8.09. The maximum absolute atomic E-state index is 13.3. The lowest BCUT2D eigenvalue weighted by molar-refractivity contribution is -0.150. The molecule has 4 aliphatic carbocycles. The van der Waals surface area contributed by atoms with Crippen molar-refractivity contribution in [2.45, 2.75) is 52.4 Å². The van der Waals surface area contributed by atoms with Gasteiger partial charge >= 0.3 is 5.97 Å². The number of ketones is 1. The molecule has 1 aromatic heterocycles. The molecule has 4 bridgehead atoms. The predicted octanol–water partition coefficient (Wildman–Crippen LogP) is 4.29. The second-order valence-electron chi connectivity index (χ2n) is 10.6. The first kappa shape index (κ1) is 22.8. The van der Waals surface area contributed by atoms with Gasteiger partial charge in [-0.25, -0.2) is 4.39 Å².